The van der Waals surface area contributed by atoms with Crippen LogP contribution in [0, 0.1) is 5.82 Å². The van der Waals surface area contributed by atoms with Crippen LogP contribution in [0.2, 0.25) is 0 Å². The molecular weight excluding hydrogens is 207 g/mol. The van der Waals surface area contributed by atoms with Gasteiger partial charge in [0.05, 0.1) is 5.56 Å². The van der Waals surface area contributed by atoms with Gasteiger partial charge in [0.15, 0.2) is 0 Å². The number of nitrogens with zero attached hydrogens (tertiary/aromatic N) is 1. The fraction of sp³-hybridized carbons (Fsp3) is 0.417. The van der Waals surface area contributed by atoms with Crippen LogP contribution in [0.3, 0.4) is 0 Å². The van der Waals surface area contributed by atoms with Crippen LogP contribution >= 0.6 is 0 Å². The Morgan fingerprint density at radius 3 is 2.75 bits per heavy atom. The fourth-order valence-corrected chi connectivity index (χ4v) is 1.43. The number of halogens is 1. The minimum atomic E-state index is -0.426. The highest BCUT2D eigenvalue weighted by Gasteiger charge is 2.14. The van der Waals surface area contributed by atoms with Gasteiger partial charge in [-0.15, -0.1) is 0 Å². The zero-order valence-corrected chi connectivity index (χ0v) is 9.66. The number of hydrogen-bond donors (Lipinski definition) is 1. The van der Waals surface area contributed by atoms with E-state index in [9.17, 15) is 9.18 Å². The third-order valence-electron chi connectivity index (χ3n) is 2.44. The molecule has 0 bridgehead atoms. The van der Waals surface area contributed by atoms with Gasteiger partial charge in [0.2, 0.25) is 0 Å². The average Bonchev–Trinajstić information content (AvgIpc) is 2.25. The van der Waals surface area contributed by atoms with Crippen LogP contribution in [0.4, 0.5) is 10.1 Å². The van der Waals surface area contributed by atoms with Crippen LogP contribution in [0.25, 0.3) is 0 Å². The van der Waals surface area contributed by atoms with Gasteiger partial charge in [0.25, 0.3) is 5.91 Å². The van der Waals surface area contributed by atoms with Gasteiger partial charge in [-0.1, -0.05) is 13.3 Å². The summed E-state index contributed by atoms with van der Waals surface area (Å²) in [4.78, 5) is 13.5. The van der Waals surface area contributed by atoms with Crippen molar-refractivity contribution in [1.82, 2.24) is 4.90 Å². The van der Waals surface area contributed by atoms with Crippen molar-refractivity contribution in [3.05, 3.63) is 29.6 Å². The monoisotopic (exact) mass is 224 g/mol. The lowest BCUT2D eigenvalue weighted by Crippen LogP contribution is -2.28. The van der Waals surface area contributed by atoms with E-state index < -0.39 is 5.82 Å². The SMILES string of the molecule is CCCCN(C)C(=O)c1ccc(F)cc1N. The van der Waals surface area contributed by atoms with E-state index in [0.717, 1.165) is 12.8 Å². The molecule has 4 heteroatoms. The molecule has 0 saturated heterocycles. The highest BCUT2D eigenvalue weighted by Crippen LogP contribution is 2.15. The van der Waals surface area contributed by atoms with Crippen molar-refractivity contribution in [3.63, 3.8) is 0 Å². The molecule has 0 aliphatic carbocycles. The molecule has 88 valence electrons. The second-order valence-corrected chi connectivity index (χ2v) is 3.81. The molecule has 0 atom stereocenters. The number of amides is 1. The number of hydrogen-bond acceptors (Lipinski definition) is 2. The Labute approximate surface area is 95.0 Å². The normalized spacial score (nSPS) is 10.2. The maximum atomic E-state index is 12.8. The Morgan fingerprint density at radius 1 is 1.50 bits per heavy atom. The minimum Gasteiger partial charge on any atom is -0.398 e. The Morgan fingerprint density at radius 2 is 2.19 bits per heavy atom. The second kappa shape index (κ2) is 5.49. The first-order valence-electron chi connectivity index (χ1n) is 5.36. The first-order valence-corrected chi connectivity index (χ1v) is 5.36. The van der Waals surface area contributed by atoms with Gasteiger partial charge < -0.3 is 10.6 Å². The van der Waals surface area contributed by atoms with Gasteiger partial charge in [-0.05, 0) is 24.6 Å². The molecule has 0 aromatic heterocycles. The molecule has 0 spiro atoms. The Kier molecular flexibility index (Phi) is 4.28. The maximum absolute atomic E-state index is 12.8. The van der Waals surface area contributed by atoms with Crippen LogP contribution < -0.4 is 5.73 Å². The summed E-state index contributed by atoms with van der Waals surface area (Å²) in [5, 5.41) is 0. The topological polar surface area (TPSA) is 46.3 Å². The van der Waals surface area contributed by atoms with Crippen molar-refractivity contribution in [2.45, 2.75) is 19.8 Å². The lowest BCUT2D eigenvalue weighted by molar-refractivity contribution is 0.0794. The number of anilines is 1. The van der Waals surface area contributed by atoms with E-state index in [1.807, 2.05) is 0 Å². The van der Waals surface area contributed by atoms with Crippen LogP contribution in [-0.2, 0) is 0 Å². The Bertz CT molecular complexity index is 379. The molecule has 1 aromatic rings. The molecule has 0 radical (unpaired) electrons. The summed E-state index contributed by atoms with van der Waals surface area (Å²) >= 11 is 0. The smallest absolute Gasteiger partial charge is 0.255 e. The Balaban J connectivity index is 2.79. The molecule has 1 rings (SSSR count). The molecule has 0 fully saturated rings. The van der Waals surface area contributed by atoms with Crippen molar-refractivity contribution < 1.29 is 9.18 Å². The van der Waals surface area contributed by atoms with Crippen LogP contribution in [0.5, 0.6) is 0 Å². The molecule has 0 aliphatic heterocycles. The lowest BCUT2D eigenvalue weighted by atomic mass is 10.1. The zero-order valence-electron chi connectivity index (χ0n) is 9.66. The van der Waals surface area contributed by atoms with Crippen molar-refractivity contribution in [2.24, 2.45) is 0 Å². The van der Waals surface area contributed by atoms with Crippen LogP contribution in [-0.4, -0.2) is 24.4 Å². The van der Waals surface area contributed by atoms with E-state index >= 15 is 0 Å². The van der Waals surface area contributed by atoms with Gasteiger partial charge in [-0.3, -0.25) is 4.79 Å². The predicted octanol–water partition coefficient (Wildman–Crippen LogP) is 2.28. The number of unbranched alkanes of at least 4 members (excludes halogenated alkanes) is 1. The largest absolute Gasteiger partial charge is 0.398 e. The highest BCUT2D eigenvalue weighted by atomic mass is 19.1. The third kappa shape index (κ3) is 2.95. The first kappa shape index (κ1) is 12.5. The highest BCUT2D eigenvalue weighted by molar-refractivity contribution is 5.98. The van der Waals surface area contributed by atoms with Gasteiger partial charge in [-0.25, -0.2) is 4.39 Å². The quantitative estimate of drug-likeness (QED) is 0.797. The zero-order chi connectivity index (χ0) is 12.1. The molecule has 16 heavy (non-hydrogen) atoms. The van der Waals surface area contributed by atoms with Crippen molar-refractivity contribution >= 4 is 11.6 Å². The number of nitrogen functional groups attached to an aromatic ring is 1. The average molecular weight is 224 g/mol. The summed E-state index contributed by atoms with van der Waals surface area (Å²) in [6.07, 6.45) is 1.97. The van der Waals surface area contributed by atoms with Gasteiger partial charge in [0.1, 0.15) is 5.82 Å². The summed E-state index contributed by atoms with van der Waals surface area (Å²) in [5.74, 6) is -0.587. The van der Waals surface area contributed by atoms with E-state index in [4.69, 9.17) is 5.73 Å². The van der Waals surface area contributed by atoms with E-state index in [-0.39, 0.29) is 11.6 Å². The number of carbonyl (C=O) groups excluding carboxylic acids is 1. The summed E-state index contributed by atoms with van der Waals surface area (Å²) in [5.41, 5.74) is 6.15. The lowest BCUT2D eigenvalue weighted by Gasteiger charge is -2.17. The molecule has 0 unspecified atom stereocenters. The molecule has 1 aromatic carbocycles. The van der Waals surface area contributed by atoms with Gasteiger partial charge in [0, 0.05) is 19.3 Å². The van der Waals surface area contributed by atoms with Crippen molar-refractivity contribution in [3.8, 4) is 0 Å². The molecule has 0 heterocycles. The fourth-order valence-electron chi connectivity index (χ4n) is 1.43. The molecule has 3 nitrogen and oxygen atoms in total. The van der Waals surface area contributed by atoms with E-state index in [0.29, 0.717) is 12.1 Å². The number of carbonyl (C=O) groups is 1. The predicted molar refractivity (Wildman–Crippen MR) is 62.7 cm³/mol. The number of rotatable bonds is 4. The molecule has 0 aliphatic rings. The molecule has 0 saturated carbocycles. The number of benzene rings is 1. The van der Waals surface area contributed by atoms with E-state index in [2.05, 4.69) is 6.92 Å². The van der Waals surface area contributed by atoms with E-state index in [1.54, 1.807) is 11.9 Å². The molecule has 1 amide bonds. The second-order valence-electron chi connectivity index (χ2n) is 3.81. The van der Waals surface area contributed by atoms with Gasteiger partial charge in [-0.2, -0.15) is 0 Å². The van der Waals surface area contributed by atoms with Crippen molar-refractivity contribution in [2.75, 3.05) is 19.3 Å². The maximum Gasteiger partial charge on any atom is 0.255 e. The standard InChI is InChI=1S/C12H17FN2O/c1-3-4-7-15(2)12(16)10-6-5-9(13)8-11(10)14/h5-6,8H,3-4,7,14H2,1-2H3. The van der Waals surface area contributed by atoms with Crippen LogP contribution in [0.1, 0.15) is 30.1 Å². The number of nitrogens with two attached hydrogens (primary N) is 1. The summed E-state index contributed by atoms with van der Waals surface area (Å²) in [6.45, 7) is 2.75. The van der Waals surface area contributed by atoms with Gasteiger partial charge >= 0.3 is 0 Å². The molecular formula is C12H17FN2O. The third-order valence-corrected chi connectivity index (χ3v) is 2.44. The summed E-state index contributed by atoms with van der Waals surface area (Å²) in [7, 11) is 1.72. The van der Waals surface area contributed by atoms with Crippen molar-refractivity contribution in [1.29, 1.82) is 0 Å². The summed E-state index contributed by atoms with van der Waals surface area (Å²) in [6, 6.07) is 3.84. The van der Waals surface area contributed by atoms with Crippen LogP contribution in [0.15, 0.2) is 18.2 Å². The first-order chi connectivity index (χ1) is 7.56. The Hall–Kier alpha value is -1.58. The summed E-state index contributed by atoms with van der Waals surface area (Å²) < 4.78 is 12.8. The van der Waals surface area contributed by atoms with E-state index in [1.165, 1.54) is 18.2 Å². The molecule has 2 N–H and O–H groups in total. The minimum absolute atomic E-state index is 0.161.